The summed E-state index contributed by atoms with van der Waals surface area (Å²) in [6.07, 6.45) is 4.31. The molecule has 24 heavy (non-hydrogen) atoms. The van der Waals surface area contributed by atoms with Crippen molar-refractivity contribution in [1.82, 2.24) is 0 Å². The molecule has 2 aromatic carbocycles. The topological polar surface area (TPSA) is 49.9 Å². The SMILES string of the molecule is Cl.N=C(N)c1cc2c(C=Cc3cccc4sccc34)cccc2s1. The molecule has 0 bridgehead atoms. The van der Waals surface area contributed by atoms with Gasteiger partial charge >= 0.3 is 0 Å². The van der Waals surface area contributed by atoms with Gasteiger partial charge in [0.05, 0.1) is 4.88 Å². The van der Waals surface area contributed by atoms with Gasteiger partial charge in [-0.3, -0.25) is 5.41 Å². The fourth-order valence-corrected chi connectivity index (χ4v) is 4.48. The van der Waals surface area contributed by atoms with E-state index in [1.807, 2.05) is 12.1 Å². The minimum Gasteiger partial charge on any atom is -0.383 e. The van der Waals surface area contributed by atoms with Crippen LogP contribution in [0.1, 0.15) is 16.0 Å². The number of nitrogens with one attached hydrogen (secondary N) is 1. The van der Waals surface area contributed by atoms with E-state index in [1.54, 1.807) is 22.7 Å². The van der Waals surface area contributed by atoms with Crippen LogP contribution in [0.25, 0.3) is 32.3 Å². The molecule has 4 rings (SSSR count). The Morgan fingerprint density at radius 1 is 0.917 bits per heavy atom. The molecule has 0 spiro atoms. The molecule has 2 heterocycles. The van der Waals surface area contributed by atoms with Crippen molar-refractivity contribution in [3.05, 3.63) is 69.9 Å². The van der Waals surface area contributed by atoms with Gasteiger partial charge in [-0.1, -0.05) is 36.4 Å². The predicted molar refractivity (Wildman–Crippen MR) is 111 cm³/mol. The van der Waals surface area contributed by atoms with Crippen molar-refractivity contribution >= 4 is 73.2 Å². The van der Waals surface area contributed by atoms with Crippen LogP contribution in [0.15, 0.2) is 53.9 Å². The van der Waals surface area contributed by atoms with Crippen molar-refractivity contribution in [2.24, 2.45) is 5.73 Å². The molecule has 5 heteroatoms. The molecule has 0 saturated carbocycles. The molecule has 0 radical (unpaired) electrons. The lowest BCUT2D eigenvalue weighted by Crippen LogP contribution is -2.08. The van der Waals surface area contributed by atoms with Crippen LogP contribution < -0.4 is 5.73 Å². The first-order valence-corrected chi connectivity index (χ1v) is 8.93. The van der Waals surface area contributed by atoms with Crippen LogP contribution in [-0.2, 0) is 0 Å². The Bertz CT molecular complexity index is 1060. The van der Waals surface area contributed by atoms with Crippen molar-refractivity contribution in [1.29, 1.82) is 5.41 Å². The third-order valence-corrected chi connectivity index (χ3v) is 5.85. The van der Waals surface area contributed by atoms with Crippen LogP contribution in [-0.4, -0.2) is 5.84 Å². The largest absolute Gasteiger partial charge is 0.383 e. The van der Waals surface area contributed by atoms with Gasteiger partial charge in [0, 0.05) is 14.8 Å². The monoisotopic (exact) mass is 370 g/mol. The normalized spacial score (nSPS) is 11.2. The highest BCUT2D eigenvalue weighted by molar-refractivity contribution is 7.20. The van der Waals surface area contributed by atoms with Crippen LogP contribution in [0.3, 0.4) is 0 Å². The maximum Gasteiger partial charge on any atom is 0.133 e. The van der Waals surface area contributed by atoms with E-state index < -0.39 is 0 Å². The summed E-state index contributed by atoms with van der Waals surface area (Å²) in [6, 6.07) is 16.8. The number of amidine groups is 1. The minimum absolute atomic E-state index is 0. The highest BCUT2D eigenvalue weighted by atomic mass is 35.5. The number of nitrogen functional groups attached to an aromatic ring is 1. The molecule has 0 aliphatic heterocycles. The van der Waals surface area contributed by atoms with E-state index in [4.69, 9.17) is 11.1 Å². The van der Waals surface area contributed by atoms with Crippen LogP contribution in [0.5, 0.6) is 0 Å². The standard InChI is InChI=1S/C19H14N2S2.ClH/c20-19(21)18-11-15-13(4-2-6-17(15)23-18)8-7-12-3-1-5-16-14(12)9-10-22-16;/h1-11H,(H3,20,21);1H. The summed E-state index contributed by atoms with van der Waals surface area (Å²) in [5.74, 6) is 0.129. The van der Waals surface area contributed by atoms with Gasteiger partial charge in [0.25, 0.3) is 0 Å². The molecule has 0 atom stereocenters. The summed E-state index contributed by atoms with van der Waals surface area (Å²) >= 11 is 3.33. The maximum absolute atomic E-state index is 7.62. The third kappa shape index (κ3) is 2.96. The summed E-state index contributed by atoms with van der Waals surface area (Å²) < 4.78 is 2.46. The number of thiophene rings is 2. The molecule has 0 amide bonds. The molecule has 2 nitrogen and oxygen atoms in total. The summed E-state index contributed by atoms with van der Waals surface area (Å²) in [6.45, 7) is 0. The fourth-order valence-electron chi connectivity index (χ4n) is 2.70. The predicted octanol–water partition coefficient (Wildman–Crippen LogP) is 5.99. The van der Waals surface area contributed by atoms with Crippen LogP contribution >= 0.6 is 35.1 Å². The lowest BCUT2D eigenvalue weighted by molar-refractivity contribution is 1.46. The van der Waals surface area contributed by atoms with Gasteiger partial charge in [-0.2, -0.15) is 0 Å². The van der Waals surface area contributed by atoms with Crippen molar-refractivity contribution in [2.75, 3.05) is 0 Å². The zero-order valence-electron chi connectivity index (χ0n) is 12.7. The highest BCUT2D eigenvalue weighted by Crippen LogP contribution is 2.30. The van der Waals surface area contributed by atoms with Gasteiger partial charge in [0.1, 0.15) is 5.84 Å². The lowest BCUT2D eigenvalue weighted by Gasteiger charge is -1.99. The number of hydrogen-bond acceptors (Lipinski definition) is 3. The molecule has 0 aliphatic rings. The Morgan fingerprint density at radius 3 is 2.29 bits per heavy atom. The average molecular weight is 371 g/mol. The first kappa shape index (κ1) is 16.7. The zero-order valence-corrected chi connectivity index (χ0v) is 15.1. The summed E-state index contributed by atoms with van der Waals surface area (Å²) in [5, 5.41) is 12.2. The second kappa shape index (κ2) is 6.77. The quantitative estimate of drug-likeness (QED) is 0.259. The van der Waals surface area contributed by atoms with E-state index >= 15 is 0 Å². The minimum atomic E-state index is 0. The lowest BCUT2D eigenvalue weighted by atomic mass is 10.1. The molecular formula is C19H15ClN2S2. The van der Waals surface area contributed by atoms with Crippen molar-refractivity contribution in [3.63, 3.8) is 0 Å². The maximum atomic E-state index is 7.62. The van der Waals surface area contributed by atoms with Gasteiger partial charge < -0.3 is 5.73 Å². The Kier molecular flexibility index (Phi) is 4.71. The van der Waals surface area contributed by atoms with E-state index in [0.29, 0.717) is 0 Å². The number of hydrogen-bond donors (Lipinski definition) is 2. The van der Waals surface area contributed by atoms with Crippen molar-refractivity contribution in [2.45, 2.75) is 0 Å². The highest BCUT2D eigenvalue weighted by Gasteiger charge is 2.06. The van der Waals surface area contributed by atoms with Crippen LogP contribution in [0.4, 0.5) is 0 Å². The molecule has 0 saturated heterocycles. The number of fused-ring (bicyclic) bond motifs is 2. The molecule has 4 aromatic rings. The summed E-state index contributed by atoms with van der Waals surface area (Å²) in [5.41, 5.74) is 8.00. The van der Waals surface area contributed by atoms with Crippen LogP contribution in [0.2, 0.25) is 0 Å². The first-order valence-electron chi connectivity index (χ1n) is 7.23. The second-order valence-corrected chi connectivity index (χ2v) is 7.33. The summed E-state index contributed by atoms with van der Waals surface area (Å²) in [7, 11) is 0. The fraction of sp³-hybridized carbons (Fsp3) is 0. The van der Waals surface area contributed by atoms with Gasteiger partial charge in [0.15, 0.2) is 0 Å². The Balaban J connectivity index is 0.00000169. The van der Waals surface area contributed by atoms with E-state index in [-0.39, 0.29) is 18.2 Å². The number of nitrogens with two attached hydrogens (primary N) is 1. The third-order valence-electron chi connectivity index (χ3n) is 3.83. The van der Waals surface area contributed by atoms with Gasteiger partial charge in [-0.25, -0.2) is 0 Å². The number of benzene rings is 2. The van der Waals surface area contributed by atoms with Gasteiger partial charge in [0.2, 0.25) is 0 Å². The molecule has 0 unspecified atom stereocenters. The van der Waals surface area contributed by atoms with Gasteiger partial charge in [-0.15, -0.1) is 35.1 Å². The number of rotatable bonds is 3. The van der Waals surface area contributed by atoms with E-state index in [9.17, 15) is 0 Å². The Labute approximate surface area is 154 Å². The smallest absolute Gasteiger partial charge is 0.133 e. The first-order chi connectivity index (χ1) is 11.2. The summed E-state index contributed by atoms with van der Waals surface area (Å²) in [4.78, 5) is 0.820. The van der Waals surface area contributed by atoms with Crippen LogP contribution in [0, 0.1) is 5.41 Å². The molecular weight excluding hydrogens is 356 g/mol. The molecule has 3 N–H and O–H groups in total. The van der Waals surface area contributed by atoms with Crippen molar-refractivity contribution < 1.29 is 0 Å². The molecule has 0 aliphatic carbocycles. The average Bonchev–Trinajstić information content (AvgIpc) is 3.19. The number of halogens is 1. The molecule has 120 valence electrons. The Morgan fingerprint density at radius 2 is 1.58 bits per heavy atom. The Hall–Kier alpha value is -2.14. The second-order valence-electron chi connectivity index (χ2n) is 5.30. The molecule has 0 fully saturated rings. The van der Waals surface area contributed by atoms with E-state index in [2.05, 4.69) is 53.9 Å². The van der Waals surface area contributed by atoms with E-state index in [1.165, 1.54) is 15.6 Å². The van der Waals surface area contributed by atoms with E-state index in [0.717, 1.165) is 20.5 Å². The van der Waals surface area contributed by atoms with Gasteiger partial charge in [-0.05, 0) is 46.2 Å². The zero-order chi connectivity index (χ0) is 15.8. The van der Waals surface area contributed by atoms with Crippen molar-refractivity contribution in [3.8, 4) is 0 Å². The molecule has 2 aromatic heterocycles.